The molecule has 0 radical (unpaired) electrons. The molecule has 0 aliphatic carbocycles. The highest BCUT2D eigenvalue weighted by molar-refractivity contribution is 5.89. The van der Waals surface area contributed by atoms with E-state index in [4.69, 9.17) is 9.47 Å². The van der Waals surface area contributed by atoms with Crippen LogP contribution in [-0.4, -0.2) is 46.2 Å². The molecule has 1 unspecified atom stereocenters. The number of carbonyl (C=O) groups is 1. The third-order valence-electron chi connectivity index (χ3n) is 5.26. The number of hydrogen-bond acceptors (Lipinski definition) is 6. The normalized spacial score (nSPS) is 19.0. The molecule has 3 N–H and O–H groups in total. The SMILES string of the molecule is CCCCCCCCCC(CCCCCC)OC1=C(O)C(=O)O[C@@H]1[C@@H](O)CO. The fourth-order valence-corrected chi connectivity index (χ4v) is 3.50. The lowest BCUT2D eigenvalue weighted by atomic mass is 10.0. The van der Waals surface area contributed by atoms with Crippen LogP contribution in [0.1, 0.15) is 97.3 Å². The van der Waals surface area contributed by atoms with Gasteiger partial charge in [-0.15, -0.1) is 0 Å². The summed E-state index contributed by atoms with van der Waals surface area (Å²) in [6.45, 7) is 3.80. The molecule has 0 aromatic heterocycles. The average molecular weight is 401 g/mol. The lowest BCUT2D eigenvalue weighted by molar-refractivity contribution is -0.148. The summed E-state index contributed by atoms with van der Waals surface area (Å²) in [6.07, 6.45) is 12.0. The molecule has 0 amide bonds. The molecule has 164 valence electrons. The van der Waals surface area contributed by atoms with Gasteiger partial charge < -0.3 is 24.8 Å². The van der Waals surface area contributed by atoms with Gasteiger partial charge in [0.05, 0.1) is 12.7 Å². The van der Waals surface area contributed by atoms with Crippen molar-refractivity contribution in [2.24, 2.45) is 0 Å². The van der Waals surface area contributed by atoms with Crippen LogP contribution >= 0.6 is 0 Å². The maximum absolute atomic E-state index is 11.7. The second-order valence-electron chi connectivity index (χ2n) is 7.79. The van der Waals surface area contributed by atoms with Crippen LogP contribution in [0.25, 0.3) is 0 Å². The number of aliphatic hydroxyl groups is 3. The van der Waals surface area contributed by atoms with Crippen LogP contribution in [0, 0.1) is 0 Å². The summed E-state index contributed by atoms with van der Waals surface area (Å²) < 4.78 is 10.9. The van der Waals surface area contributed by atoms with Crippen LogP contribution in [0.4, 0.5) is 0 Å². The number of cyclic esters (lactones) is 1. The molecule has 1 aliphatic heterocycles. The van der Waals surface area contributed by atoms with Crippen LogP contribution in [0.15, 0.2) is 11.5 Å². The van der Waals surface area contributed by atoms with E-state index in [0.717, 1.165) is 44.9 Å². The van der Waals surface area contributed by atoms with E-state index >= 15 is 0 Å². The summed E-state index contributed by atoms with van der Waals surface area (Å²) in [5.74, 6) is -1.53. The molecule has 0 bridgehead atoms. The van der Waals surface area contributed by atoms with Gasteiger partial charge in [0, 0.05) is 0 Å². The van der Waals surface area contributed by atoms with Gasteiger partial charge in [-0.3, -0.25) is 0 Å². The Morgan fingerprint density at radius 2 is 1.43 bits per heavy atom. The van der Waals surface area contributed by atoms with E-state index in [1.165, 1.54) is 38.5 Å². The molecular formula is C22H40O6. The number of unbranched alkanes of at least 4 members (excludes halogenated alkanes) is 9. The molecule has 0 aromatic carbocycles. The number of aliphatic hydroxyl groups excluding tert-OH is 3. The van der Waals surface area contributed by atoms with Crippen LogP contribution in [-0.2, 0) is 14.3 Å². The van der Waals surface area contributed by atoms with E-state index in [9.17, 15) is 20.1 Å². The summed E-state index contributed by atoms with van der Waals surface area (Å²) in [4.78, 5) is 11.7. The topological polar surface area (TPSA) is 96.2 Å². The van der Waals surface area contributed by atoms with Crippen LogP contribution in [0.5, 0.6) is 0 Å². The summed E-state index contributed by atoms with van der Waals surface area (Å²) >= 11 is 0. The van der Waals surface area contributed by atoms with Gasteiger partial charge in [-0.1, -0.05) is 71.6 Å². The number of ether oxygens (including phenoxy) is 2. The largest absolute Gasteiger partial charge is 0.499 e. The quantitative estimate of drug-likeness (QED) is 0.245. The molecule has 0 saturated heterocycles. The Labute approximate surface area is 169 Å². The minimum Gasteiger partial charge on any atom is -0.499 e. The first-order valence-corrected chi connectivity index (χ1v) is 11.1. The van der Waals surface area contributed by atoms with Crippen LogP contribution in [0.3, 0.4) is 0 Å². The van der Waals surface area contributed by atoms with E-state index in [0.29, 0.717) is 0 Å². The molecule has 1 aliphatic rings. The van der Waals surface area contributed by atoms with Crippen molar-refractivity contribution < 1.29 is 29.6 Å². The van der Waals surface area contributed by atoms with Crippen LogP contribution < -0.4 is 0 Å². The summed E-state index contributed by atoms with van der Waals surface area (Å²) in [7, 11) is 0. The zero-order valence-corrected chi connectivity index (χ0v) is 17.7. The van der Waals surface area contributed by atoms with Crippen molar-refractivity contribution in [3.8, 4) is 0 Å². The van der Waals surface area contributed by atoms with Gasteiger partial charge in [-0.25, -0.2) is 4.79 Å². The molecule has 6 nitrogen and oxygen atoms in total. The van der Waals surface area contributed by atoms with Gasteiger partial charge in [0.25, 0.3) is 0 Å². The lowest BCUT2D eigenvalue weighted by Gasteiger charge is -2.24. The van der Waals surface area contributed by atoms with Crippen molar-refractivity contribution in [3.63, 3.8) is 0 Å². The maximum Gasteiger partial charge on any atom is 0.378 e. The fourth-order valence-electron chi connectivity index (χ4n) is 3.50. The predicted molar refractivity (Wildman–Crippen MR) is 109 cm³/mol. The molecule has 6 heteroatoms. The monoisotopic (exact) mass is 400 g/mol. The number of rotatable bonds is 17. The highest BCUT2D eigenvalue weighted by Crippen LogP contribution is 2.29. The Kier molecular flexibility index (Phi) is 13.0. The molecule has 3 atom stereocenters. The van der Waals surface area contributed by atoms with Crippen molar-refractivity contribution >= 4 is 5.97 Å². The highest BCUT2D eigenvalue weighted by Gasteiger charge is 2.41. The Morgan fingerprint density at radius 1 is 0.929 bits per heavy atom. The molecule has 1 rings (SSSR count). The van der Waals surface area contributed by atoms with E-state index < -0.39 is 30.5 Å². The summed E-state index contributed by atoms with van der Waals surface area (Å²) in [5, 5.41) is 29.1. The van der Waals surface area contributed by atoms with Crippen molar-refractivity contribution in [3.05, 3.63) is 11.5 Å². The molecule has 0 saturated carbocycles. The zero-order valence-electron chi connectivity index (χ0n) is 17.7. The van der Waals surface area contributed by atoms with Crippen molar-refractivity contribution in [2.45, 2.75) is 116 Å². The molecule has 1 heterocycles. The first-order valence-electron chi connectivity index (χ1n) is 11.1. The summed E-state index contributed by atoms with van der Waals surface area (Å²) in [5.41, 5.74) is 0. The lowest BCUT2D eigenvalue weighted by Crippen LogP contribution is -2.33. The standard InChI is InChI=1S/C22H40O6/c1-3-5-7-9-10-11-13-15-17(14-12-8-6-4-2)27-21-19(25)22(26)28-20(21)18(24)16-23/h17-18,20,23-25H,3-16H2,1-2H3/t17?,18-,20+/m0/s1. The molecule has 0 spiro atoms. The molecule has 28 heavy (non-hydrogen) atoms. The van der Waals surface area contributed by atoms with E-state index in [1.54, 1.807) is 0 Å². The van der Waals surface area contributed by atoms with Gasteiger partial charge in [0.15, 0.2) is 11.9 Å². The number of hydrogen-bond donors (Lipinski definition) is 3. The summed E-state index contributed by atoms with van der Waals surface area (Å²) in [6, 6.07) is 0. The van der Waals surface area contributed by atoms with Gasteiger partial charge >= 0.3 is 5.97 Å². The van der Waals surface area contributed by atoms with Crippen molar-refractivity contribution in [1.29, 1.82) is 0 Å². The van der Waals surface area contributed by atoms with Gasteiger partial charge in [-0.2, -0.15) is 0 Å². The molecule has 0 fully saturated rings. The third-order valence-corrected chi connectivity index (χ3v) is 5.26. The Hall–Kier alpha value is -1.27. The fraction of sp³-hybridized carbons (Fsp3) is 0.864. The van der Waals surface area contributed by atoms with Gasteiger partial charge in [0.1, 0.15) is 6.10 Å². The first kappa shape index (κ1) is 24.8. The number of esters is 1. The Bertz CT molecular complexity index is 462. The number of carbonyl (C=O) groups excluding carboxylic acids is 1. The minimum absolute atomic E-state index is 0.0324. The Morgan fingerprint density at radius 3 is 1.96 bits per heavy atom. The first-order chi connectivity index (χ1) is 13.5. The van der Waals surface area contributed by atoms with E-state index in [2.05, 4.69) is 13.8 Å². The minimum atomic E-state index is -1.30. The highest BCUT2D eigenvalue weighted by atomic mass is 16.6. The van der Waals surface area contributed by atoms with Crippen LogP contribution in [0.2, 0.25) is 0 Å². The maximum atomic E-state index is 11.7. The second-order valence-corrected chi connectivity index (χ2v) is 7.79. The van der Waals surface area contributed by atoms with E-state index in [1.807, 2.05) is 0 Å². The van der Waals surface area contributed by atoms with E-state index in [-0.39, 0.29) is 11.9 Å². The third kappa shape index (κ3) is 8.82. The smallest absolute Gasteiger partial charge is 0.378 e. The second kappa shape index (κ2) is 14.7. The average Bonchev–Trinajstić information content (AvgIpc) is 2.97. The predicted octanol–water partition coefficient (Wildman–Crippen LogP) is 4.53. The zero-order chi connectivity index (χ0) is 20.8. The van der Waals surface area contributed by atoms with Crippen molar-refractivity contribution in [2.75, 3.05) is 6.61 Å². The molecule has 0 aromatic rings. The Balaban J connectivity index is 2.58. The van der Waals surface area contributed by atoms with Gasteiger partial charge in [-0.05, 0) is 25.7 Å². The van der Waals surface area contributed by atoms with Crippen molar-refractivity contribution in [1.82, 2.24) is 0 Å². The van der Waals surface area contributed by atoms with Gasteiger partial charge in [0.2, 0.25) is 5.76 Å². The molecular weight excluding hydrogens is 360 g/mol.